The van der Waals surface area contributed by atoms with Gasteiger partial charge in [-0.05, 0) is 11.1 Å². The van der Waals surface area contributed by atoms with Crippen molar-refractivity contribution >= 4 is 11.8 Å². The first-order chi connectivity index (χ1) is 10.5. The SMILES string of the molecule is C[C@@H]([C@H](O)c1ccc(CO)cc1)[C@@H](O)CSc1nccn1C. The fourth-order valence-electron chi connectivity index (χ4n) is 2.14. The lowest BCUT2D eigenvalue weighted by Gasteiger charge is -2.24. The summed E-state index contributed by atoms with van der Waals surface area (Å²) < 4.78 is 1.89. The molecular weight excluding hydrogens is 300 g/mol. The average Bonchev–Trinajstić information content (AvgIpc) is 2.96. The highest BCUT2D eigenvalue weighted by molar-refractivity contribution is 7.99. The molecule has 2 rings (SSSR count). The smallest absolute Gasteiger partial charge is 0.167 e. The molecular formula is C16H22N2O3S. The largest absolute Gasteiger partial charge is 0.392 e. The van der Waals surface area contributed by atoms with Gasteiger partial charge in [0.1, 0.15) is 0 Å². The van der Waals surface area contributed by atoms with Gasteiger partial charge in [0.2, 0.25) is 0 Å². The van der Waals surface area contributed by atoms with E-state index in [2.05, 4.69) is 4.98 Å². The Morgan fingerprint density at radius 2 is 1.91 bits per heavy atom. The highest BCUT2D eigenvalue weighted by atomic mass is 32.2. The molecule has 0 unspecified atom stereocenters. The second-order valence-electron chi connectivity index (χ2n) is 5.40. The van der Waals surface area contributed by atoms with E-state index in [9.17, 15) is 10.2 Å². The van der Waals surface area contributed by atoms with Crippen LogP contribution in [0.5, 0.6) is 0 Å². The average molecular weight is 322 g/mol. The van der Waals surface area contributed by atoms with Crippen molar-refractivity contribution in [2.24, 2.45) is 13.0 Å². The lowest BCUT2D eigenvalue weighted by molar-refractivity contribution is 0.0330. The standard InChI is InChI=1S/C16H22N2O3S/c1-11(14(20)10-22-16-17-7-8-18(16)2)15(21)13-5-3-12(9-19)4-6-13/h3-8,11,14-15,19-21H,9-10H2,1-2H3/t11-,14+,15+/m1/s1. The van der Waals surface area contributed by atoms with E-state index in [-0.39, 0.29) is 12.5 Å². The van der Waals surface area contributed by atoms with Gasteiger partial charge in [-0.1, -0.05) is 43.0 Å². The number of benzene rings is 1. The second-order valence-corrected chi connectivity index (χ2v) is 6.39. The van der Waals surface area contributed by atoms with Gasteiger partial charge < -0.3 is 19.9 Å². The van der Waals surface area contributed by atoms with Crippen LogP contribution in [0.1, 0.15) is 24.2 Å². The zero-order chi connectivity index (χ0) is 16.1. The van der Waals surface area contributed by atoms with Crippen LogP contribution in [-0.2, 0) is 13.7 Å². The van der Waals surface area contributed by atoms with Crippen LogP contribution >= 0.6 is 11.8 Å². The normalized spacial score (nSPS) is 15.5. The van der Waals surface area contributed by atoms with Crippen molar-refractivity contribution in [2.75, 3.05) is 5.75 Å². The number of hydrogen-bond acceptors (Lipinski definition) is 5. The lowest BCUT2D eigenvalue weighted by Crippen LogP contribution is -2.26. The molecule has 0 aliphatic heterocycles. The molecule has 120 valence electrons. The molecule has 1 aromatic heterocycles. The van der Waals surface area contributed by atoms with Gasteiger partial charge >= 0.3 is 0 Å². The van der Waals surface area contributed by atoms with Gasteiger partial charge in [-0.25, -0.2) is 4.98 Å². The van der Waals surface area contributed by atoms with Crippen LogP contribution in [0.25, 0.3) is 0 Å². The van der Waals surface area contributed by atoms with Crippen molar-refractivity contribution in [3.63, 3.8) is 0 Å². The molecule has 0 saturated heterocycles. The van der Waals surface area contributed by atoms with E-state index < -0.39 is 12.2 Å². The summed E-state index contributed by atoms with van der Waals surface area (Å²) >= 11 is 1.47. The van der Waals surface area contributed by atoms with Gasteiger partial charge in [0, 0.05) is 31.1 Å². The van der Waals surface area contributed by atoms with Crippen molar-refractivity contribution in [1.29, 1.82) is 0 Å². The van der Waals surface area contributed by atoms with Crippen molar-refractivity contribution in [3.8, 4) is 0 Å². The molecule has 1 heterocycles. The molecule has 0 bridgehead atoms. The number of aliphatic hydroxyl groups is 3. The maximum Gasteiger partial charge on any atom is 0.167 e. The summed E-state index contributed by atoms with van der Waals surface area (Å²) in [6.07, 6.45) is 2.18. The number of aryl methyl sites for hydroxylation is 1. The highest BCUT2D eigenvalue weighted by Gasteiger charge is 2.24. The fraction of sp³-hybridized carbons (Fsp3) is 0.438. The lowest BCUT2D eigenvalue weighted by atomic mass is 9.93. The molecule has 1 aromatic carbocycles. The van der Waals surface area contributed by atoms with Crippen LogP contribution in [0, 0.1) is 5.92 Å². The number of nitrogens with zero attached hydrogens (tertiary/aromatic N) is 2. The third-order valence-electron chi connectivity index (χ3n) is 3.77. The van der Waals surface area contributed by atoms with Crippen LogP contribution in [0.15, 0.2) is 41.8 Å². The van der Waals surface area contributed by atoms with Crippen LogP contribution in [-0.4, -0.2) is 36.7 Å². The molecule has 5 nitrogen and oxygen atoms in total. The molecule has 0 spiro atoms. The van der Waals surface area contributed by atoms with E-state index in [0.717, 1.165) is 16.3 Å². The van der Waals surface area contributed by atoms with Gasteiger partial charge in [0.15, 0.2) is 5.16 Å². The molecule has 0 radical (unpaired) electrons. The summed E-state index contributed by atoms with van der Waals surface area (Å²) in [5, 5.41) is 30.5. The molecule has 0 amide bonds. The summed E-state index contributed by atoms with van der Waals surface area (Å²) in [4.78, 5) is 4.20. The Balaban J connectivity index is 1.93. The van der Waals surface area contributed by atoms with Crippen LogP contribution in [0.3, 0.4) is 0 Å². The molecule has 3 atom stereocenters. The first kappa shape index (κ1) is 17.0. The van der Waals surface area contributed by atoms with Gasteiger partial charge in [0.05, 0.1) is 18.8 Å². The first-order valence-electron chi connectivity index (χ1n) is 7.19. The van der Waals surface area contributed by atoms with Crippen molar-refractivity contribution in [1.82, 2.24) is 9.55 Å². The molecule has 6 heteroatoms. The third kappa shape index (κ3) is 4.10. The quantitative estimate of drug-likeness (QED) is 0.677. The van der Waals surface area contributed by atoms with Crippen molar-refractivity contribution in [3.05, 3.63) is 47.8 Å². The Morgan fingerprint density at radius 1 is 1.23 bits per heavy atom. The number of thioether (sulfide) groups is 1. The third-order valence-corrected chi connectivity index (χ3v) is 4.93. The molecule has 0 saturated carbocycles. The molecule has 0 fully saturated rings. The Labute approximate surface area is 134 Å². The summed E-state index contributed by atoms with van der Waals surface area (Å²) in [6.45, 7) is 1.81. The van der Waals surface area contributed by atoms with Gasteiger partial charge in [-0.15, -0.1) is 0 Å². The predicted molar refractivity (Wildman–Crippen MR) is 86.4 cm³/mol. The Kier molecular flexibility index (Phi) is 6.02. The monoisotopic (exact) mass is 322 g/mol. The summed E-state index contributed by atoms with van der Waals surface area (Å²) in [6, 6.07) is 7.12. The van der Waals surface area contributed by atoms with Crippen LogP contribution in [0.2, 0.25) is 0 Å². The van der Waals surface area contributed by atoms with Crippen molar-refractivity contribution in [2.45, 2.75) is 30.9 Å². The Hall–Kier alpha value is -1.34. The summed E-state index contributed by atoms with van der Waals surface area (Å²) in [5.41, 5.74) is 1.54. The van der Waals surface area contributed by atoms with E-state index in [0.29, 0.717) is 5.75 Å². The summed E-state index contributed by atoms with van der Waals surface area (Å²) in [7, 11) is 1.91. The zero-order valence-electron chi connectivity index (χ0n) is 12.8. The van der Waals surface area contributed by atoms with Gasteiger partial charge in [-0.2, -0.15) is 0 Å². The number of hydrogen-bond donors (Lipinski definition) is 3. The molecule has 2 aromatic rings. The molecule has 3 N–H and O–H groups in total. The molecule has 0 aliphatic carbocycles. The van der Waals surface area contributed by atoms with Crippen molar-refractivity contribution < 1.29 is 15.3 Å². The van der Waals surface area contributed by atoms with E-state index >= 15 is 0 Å². The predicted octanol–water partition coefficient (Wildman–Crippen LogP) is 1.74. The second kappa shape index (κ2) is 7.78. The number of imidazole rings is 1. The summed E-state index contributed by atoms with van der Waals surface area (Å²) in [5.74, 6) is 0.172. The molecule has 22 heavy (non-hydrogen) atoms. The number of aliphatic hydroxyl groups excluding tert-OH is 3. The fourth-order valence-corrected chi connectivity index (χ4v) is 3.16. The first-order valence-corrected chi connectivity index (χ1v) is 8.17. The van der Waals surface area contributed by atoms with Crippen LogP contribution in [0.4, 0.5) is 0 Å². The van der Waals surface area contributed by atoms with E-state index in [1.165, 1.54) is 11.8 Å². The Morgan fingerprint density at radius 3 is 2.45 bits per heavy atom. The zero-order valence-corrected chi connectivity index (χ0v) is 13.6. The van der Waals surface area contributed by atoms with E-state index in [1.807, 2.05) is 24.7 Å². The number of aromatic nitrogens is 2. The Bertz CT molecular complexity index is 585. The highest BCUT2D eigenvalue weighted by Crippen LogP contribution is 2.27. The minimum absolute atomic E-state index is 0.0190. The van der Waals surface area contributed by atoms with Crippen LogP contribution < -0.4 is 0 Å². The molecule has 0 aliphatic rings. The van der Waals surface area contributed by atoms with E-state index in [4.69, 9.17) is 5.11 Å². The van der Waals surface area contributed by atoms with Gasteiger partial charge in [-0.3, -0.25) is 0 Å². The van der Waals surface area contributed by atoms with Gasteiger partial charge in [0.25, 0.3) is 0 Å². The van der Waals surface area contributed by atoms with E-state index in [1.54, 1.807) is 30.5 Å². The number of rotatable bonds is 7. The minimum atomic E-state index is -0.746. The minimum Gasteiger partial charge on any atom is -0.392 e. The maximum atomic E-state index is 10.4. The maximum absolute atomic E-state index is 10.4. The topological polar surface area (TPSA) is 78.5 Å².